The third kappa shape index (κ3) is 2.41. The highest BCUT2D eigenvalue weighted by Gasteiger charge is 2.59. The average Bonchev–Trinajstić information content (AvgIpc) is 2.98. The van der Waals surface area contributed by atoms with Gasteiger partial charge in [-0.05, 0) is 50.2 Å². The van der Waals surface area contributed by atoms with E-state index in [9.17, 15) is 13.2 Å². The predicted molar refractivity (Wildman–Crippen MR) is 80.0 cm³/mol. The van der Waals surface area contributed by atoms with Crippen molar-refractivity contribution >= 4 is 27.3 Å². The van der Waals surface area contributed by atoms with Crippen LogP contribution in [0.3, 0.4) is 0 Å². The van der Waals surface area contributed by atoms with E-state index in [4.69, 9.17) is 5.11 Å². The zero-order valence-corrected chi connectivity index (χ0v) is 13.8. The van der Waals surface area contributed by atoms with Crippen molar-refractivity contribution in [1.29, 1.82) is 0 Å². The van der Waals surface area contributed by atoms with Crippen LogP contribution in [0, 0.1) is 25.2 Å². The second kappa shape index (κ2) is 4.79. The lowest BCUT2D eigenvalue weighted by atomic mass is 9.92. The van der Waals surface area contributed by atoms with Crippen molar-refractivity contribution < 1.29 is 18.3 Å². The normalized spacial score (nSPS) is 25.1. The summed E-state index contributed by atoms with van der Waals surface area (Å²) in [5.74, 6) is -1.01. The molecule has 1 atom stereocenters. The van der Waals surface area contributed by atoms with Gasteiger partial charge in [-0.25, -0.2) is 8.42 Å². The van der Waals surface area contributed by atoms with Gasteiger partial charge in [0.25, 0.3) is 10.0 Å². The van der Waals surface area contributed by atoms with Gasteiger partial charge in [-0.1, -0.05) is 0 Å². The molecule has 0 amide bonds. The van der Waals surface area contributed by atoms with E-state index in [0.717, 1.165) is 10.4 Å². The zero-order valence-electron chi connectivity index (χ0n) is 12.1. The first-order valence-corrected chi connectivity index (χ1v) is 9.32. The number of hydrogen-bond donors (Lipinski definition) is 1. The number of piperidine rings is 1. The molecular weight excluding hydrogens is 310 g/mol. The summed E-state index contributed by atoms with van der Waals surface area (Å²) in [7, 11) is -3.43. The molecule has 1 saturated heterocycles. The zero-order chi connectivity index (χ0) is 15.4. The third-order valence-electron chi connectivity index (χ3n) is 4.78. The van der Waals surface area contributed by atoms with E-state index in [-0.39, 0.29) is 11.3 Å². The van der Waals surface area contributed by atoms with Gasteiger partial charge < -0.3 is 5.11 Å². The molecule has 2 heterocycles. The summed E-state index contributed by atoms with van der Waals surface area (Å²) >= 11 is 1.31. The van der Waals surface area contributed by atoms with E-state index in [2.05, 4.69) is 0 Å². The summed E-state index contributed by atoms with van der Waals surface area (Å²) in [5.41, 5.74) is 0.658. The number of carboxylic acid groups (broad SMARTS) is 1. The third-order valence-corrected chi connectivity index (χ3v) is 8.44. The number of aliphatic carboxylic acids is 1. The van der Waals surface area contributed by atoms with Crippen molar-refractivity contribution in [2.45, 2.75) is 37.3 Å². The van der Waals surface area contributed by atoms with Gasteiger partial charge in [0.15, 0.2) is 0 Å². The van der Waals surface area contributed by atoms with Crippen molar-refractivity contribution in [3.63, 3.8) is 0 Å². The summed E-state index contributed by atoms with van der Waals surface area (Å²) in [4.78, 5) is 12.0. The Hall–Kier alpha value is -0.920. The van der Waals surface area contributed by atoms with Crippen molar-refractivity contribution in [1.82, 2.24) is 4.31 Å². The highest BCUT2D eigenvalue weighted by Crippen LogP contribution is 2.59. The maximum absolute atomic E-state index is 12.7. The van der Waals surface area contributed by atoms with E-state index in [0.29, 0.717) is 36.6 Å². The predicted octanol–water partition coefficient (Wildman–Crippen LogP) is 2.24. The molecule has 0 radical (unpaired) electrons. The van der Waals surface area contributed by atoms with Crippen LogP contribution in [0.15, 0.2) is 10.3 Å². The molecule has 1 spiro atoms. The van der Waals surface area contributed by atoms with Crippen molar-refractivity contribution in [3.8, 4) is 0 Å². The minimum atomic E-state index is -3.43. The van der Waals surface area contributed by atoms with Gasteiger partial charge in [0, 0.05) is 18.0 Å². The summed E-state index contributed by atoms with van der Waals surface area (Å²) < 4.78 is 27.3. The van der Waals surface area contributed by atoms with Crippen molar-refractivity contribution in [3.05, 3.63) is 16.5 Å². The van der Waals surface area contributed by atoms with Gasteiger partial charge >= 0.3 is 5.97 Å². The molecule has 116 valence electrons. The number of carbonyl (C=O) groups is 1. The Kier molecular flexibility index (Phi) is 3.42. The average molecular weight is 329 g/mol. The minimum Gasteiger partial charge on any atom is -0.481 e. The quantitative estimate of drug-likeness (QED) is 0.923. The van der Waals surface area contributed by atoms with E-state index in [1.807, 2.05) is 19.9 Å². The number of sulfonamides is 1. The topological polar surface area (TPSA) is 74.7 Å². The number of rotatable bonds is 3. The lowest BCUT2D eigenvalue weighted by molar-refractivity contribution is -0.139. The molecule has 1 saturated carbocycles. The van der Waals surface area contributed by atoms with Gasteiger partial charge in [0.2, 0.25) is 0 Å². The molecule has 1 N–H and O–H groups in total. The molecule has 0 aromatic carbocycles. The number of aryl methyl sites for hydroxylation is 2. The Labute approximate surface area is 128 Å². The standard InChI is InChI=1S/C14H19NO4S2/c1-9-7-10(2)20-13(9)21(18,19)15-5-3-14(4-6-15)8-11(14)12(16)17/h7,11H,3-6,8H2,1-2H3,(H,16,17). The Morgan fingerprint density at radius 1 is 1.38 bits per heavy atom. The van der Waals surface area contributed by atoms with E-state index in [1.165, 1.54) is 15.6 Å². The number of thiophene rings is 1. The van der Waals surface area contributed by atoms with Gasteiger partial charge in [-0.15, -0.1) is 11.3 Å². The van der Waals surface area contributed by atoms with Crippen LogP contribution in [0.2, 0.25) is 0 Å². The molecular formula is C14H19NO4S2. The second-order valence-electron chi connectivity index (χ2n) is 6.19. The van der Waals surface area contributed by atoms with E-state index >= 15 is 0 Å². The smallest absolute Gasteiger partial charge is 0.307 e. The maximum Gasteiger partial charge on any atom is 0.307 e. The van der Waals surface area contributed by atoms with Crippen LogP contribution in [0.5, 0.6) is 0 Å². The molecule has 1 aromatic rings. The first kappa shape index (κ1) is 15.0. The summed E-state index contributed by atoms with van der Waals surface area (Å²) in [6.45, 7) is 4.59. The van der Waals surface area contributed by atoms with Crippen LogP contribution < -0.4 is 0 Å². The largest absolute Gasteiger partial charge is 0.481 e. The van der Waals surface area contributed by atoms with Crippen LogP contribution in [0.4, 0.5) is 0 Å². The van der Waals surface area contributed by atoms with Gasteiger partial charge in [-0.3, -0.25) is 4.79 Å². The molecule has 7 heteroatoms. The minimum absolute atomic E-state index is 0.141. The Balaban J connectivity index is 1.75. The lowest BCUT2D eigenvalue weighted by Gasteiger charge is -2.31. The molecule has 2 fully saturated rings. The van der Waals surface area contributed by atoms with Crippen LogP contribution in [-0.2, 0) is 14.8 Å². The fraction of sp³-hybridized carbons (Fsp3) is 0.643. The first-order valence-electron chi connectivity index (χ1n) is 7.06. The number of hydrogen-bond acceptors (Lipinski definition) is 4. The SMILES string of the molecule is Cc1cc(C)c(S(=O)(=O)N2CCC3(CC2)CC3C(=O)O)s1. The van der Waals surface area contributed by atoms with Gasteiger partial charge in [0.1, 0.15) is 4.21 Å². The summed E-state index contributed by atoms with van der Waals surface area (Å²) in [6, 6.07) is 1.89. The van der Waals surface area contributed by atoms with E-state index < -0.39 is 16.0 Å². The van der Waals surface area contributed by atoms with Gasteiger partial charge in [0.05, 0.1) is 5.92 Å². The summed E-state index contributed by atoms with van der Waals surface area (Å²) in [5, 5.41) is 9.08. The Morgan fingerprint density at radius 2 is 2.00 bits per heavy atom. The monoisotopic (exact) mass is 329 g/mol. The van der Waals surface area contributed by atoms with Gasteiger partial charge in [-0.2, -0.15) is 4.31 Å². The number of carboxylic acids is 1. The highest BCUT2D eigenvalue weighted by molar-refractivity contribution is 7.91. The van der Waals surface area contributed by atoms with Crippen LogP contribution in [0.1, 0.15) is 29.7 Å². The fourth-order valence-corrected chi connectivity index (χ4v) is 6.66. The number of nitrogens with zero attached hydrogens (tertiary/aromatic N) is 1. The van der Waals surface area contributed by atoms with Crippen molar-refractivity contribution in [2.24, 2.45) is 11.3 Å². The molecule has 5 nitrogen and oxygen atoms in total. The fourth-order valence-electron chi connectivity index (χ4n) is 3.41. The Bertz CT molecular complexity index is 684. The van der Waals surface area contributed by atoms with Crippen LogP contribution >= 0.6 is 11.3 Å². The molecule has 2 aliphatic rings. The van der Waals surface area contributed by atoms with Crippen LogP contribution in [0.25, 0.3) is 0 Å². The Morgan fingerprint density at radius 3 is 2.43 bits per heavy atom. The molecule has 1 aromatic heterocycles. The first-order chi connectivity index (χ1) is 9.76. The van der Waals surface area contributed by atoms with Crippen LogP contribution in [-0.4, -0.2) is 36.9 Å². The molecule has 1 aliphatic carbocycles. The van der Waals surface area contributed by atoms with E-state index in [1.54, 1.807) is 0 Å². The molecule has 21 heavy (non-hydrogen) atoms. The van der Waals surface area contributed by atoms with Crippen molar-refractivity contribution in [2.75, 3.05) is 13.1 Å². The molecule has 1 unspecified atom stereocenters. The second-order valence-corrected chi connectivity index (χ2v) is 9.58. The summed E-state index contributed by atoms with van der Waals surface area (Å²) in [6.07, 6.45) is 2.02. The lowest BCUT2D eigenvalue weighted by Crippen LogP contribution is -2.39. The highest BCUT2D eigenvalue weighted by atomic mass is 32.2. The molecule has 1 aliphatic heterocycles. The molecule has 0 bridgehead atoms. The maximum atomic E-state index is 12.7. The molecule has 3 rings (SSSR count).